The molecule has 2 heterocycles. The zero-order chi connectivity index (χ0) is 17.1. The van der Waals surface area contributed by atoms with Gasteiger partial charge >= 0.3 is 5.63 Å². The first-order valence-corrected chi connectivity index (χ1v) is 9.26. The van der Waals surface area contributed by atoms with Crippen LogP contribution in [0.3, 0.4) is 0 Å². The Morgan fingerprint density at radius 1 is 1.29 bits per heavy atom. The summed E-state index contributed by atoms with van der Waals surface area (Å²) in [5.74, 6) is 0.243. The molecule has 0 radical (unpaired) electrons. The van der Waals surface area contributed by atoms with Gasteiger partial charge in [0.05, 0.1) is 18.2 Å². The van der Waals surface area contributed by atoms with Crippen LogP contribution in [0.5, 0.6) is 5.75 Å². The third-order valence-corrected chi connectivity index (χ3v) is 5.37. The molecule has 1 aliphatic rings. The van der Waals surface area contributed by atoms with Crippen LogP contribution in [-0.4, -0.2) is 17.7 Å². The zero-order valence-corrected chi connectivity index (χ0v) is 14.7. The number of benzene rings is 1. The largest absolute Gasteiger partial charge is 0.507 e. The number of piperidine rings is 1. The van der Waals surface area contributed by atoms with Gasteiger partial charge in [-0.25, -0.2) is 4.79 Å². The Morgan fingerprint density at radius 2 is 2.12 bits per heavy atom. The summed E-state index contributed by atoms with van der Waals surface area (Å²) in [6.45, 7) is 6.18. The van der Waals surface area contributed by atoms with Gasteiger partial charge in [0, 0.05) is 11.5 Å². The summed E-state index contributed by atoms with van der Waals surface area (Å²) in [5.41, 5.74) is 2.07. The Kier molecular flexibility index (Phi) is 5.24. The number of phenolic OH excluding ortho intramolecular Hbond substituents is 1. The molecule has 0 aliphatic carbocycles. The fourth-order valence-electron chi connectivity index (χ4n) is 4.09. The number of phenols is 1. The Bertz CT molecular complexity index is 765. The molecule has 2 N–H and O–H groups in total. The van der Waals surface area contributed by atoms with Crippen molar-refractivity contribution in [1.82, 2.24) is 0 Å². The number of fused-ring (bicyclic) bond motifs is 1. The molecule has 1 fully saturated rings. The predicted molar refractivity (Wildman–Crippen MR) is 95.6 cm³/mol. The van der Waals surface area contributed by atoms with Gasteiger partial charge in [0.25, 0.3) is 0 Å². The van der Waals surface area contributed by atoms with E-state index >= 15 is 0 Å². The predicted octanol–water partition coefficient (Wildman–Crippen LogP) is 2.80. The van der Waals surface area contributed by atoms with E-state index < -0.39 is 0 Å². The highest BCUT2D eigenvalue weighted by molar-refractivity contribution is 5.85. The first-order valence-electron chi connectivity index (χ1n) is 9.26. The van der Waals surface area contributed by atoms with Crippen LogP contribution in [0.1, 0.15) is 57.1 Å². The summed E-state index contributed by atoms with van der Waals surface area (Å²) in [4.78, 5) is 13.5. The molecule has 1 aliphatic heterocycles. The number of quaternary nitrogens is 1. The van der Waals surface area contributed by atoms with Crippen LogP contribution in [0.4, 0.5) is 0 Å². The second-order valence-corrected chi connectivity index (χ2v) is 6.97. The van der Waals surface area contributed by atoms with E-state index in [1.54, 1.807) is 12.1 Å². The lowest BCUT2D eigenvalue weighted by molar-refractivity contribution is -0.944. The third-order valence-electron chi connectivity index (χ3n) is 5.37. The molecular weight excluding hydrogens is 302 g/mol. The second kappa shape index (κ2) is 7.39. The molecule has 0 bridgehead atoms. The average molecular weight is 330 g/mol. The van der Waals surface area contributed by atoms with Gasteiger partial charge in [-0.3, -0.25) is 0 Å². The van der Waals surface area contributed by atoms with E-state index in [0.717, 1.165) is 48.9 Å². The zero-order valence-electron chi connectivity index (χ0n) is 14.7. The number of hydrogen-bond acceptors (Lipinski definition) is 3. The van der Waals surface area contributed by atoms with Crippen LogP contribution in [0.25, 0.3) is 11.0 Å². The molecule has 1 unspecified atom stereocenters. The van der Waals surface area contributed by atoms with Crippen molar-refractivity contribution >= 4 is 11.0 Å². The highest BCUT2D eigenvalue weighted by atomic mass is 16.4. The van der Waals surface area contributed by atoms with E-state index in [9.17, 15) is 9.90 Å². The topological polar surface area (TPSA) is 54.9 Å². The lowest BCUT2D eigenvalue weighted by Gasteiger charge is -2.32. The summed E-state index contributed by atoms with van der Waals surface area (Å²) in [6.07, 6.45) is 6.72. The Balaban J connectivity index is 2.06. The SMILES string of the molecule is CCCc1cc(=O)oc2c(C[NH+]3CCCC[C@H]3CC)c(O)ccc12. The minimum absolute atomic E-state index is 0.243. The van der Waals surface area contributed by atoms with Gasteiger partial charge in [-0.2, -0.15) is 0 Å². The lowest BCUT2D eigenvalue weighted by Crippen LogP contribution is -3.15. The molecule has 1 saturated heterocycles. The van der Waals surface area contributed by atoms with Gasteiger partial charge in [-0.1, -0.05) is 20.3 Å². The molecule has 2 atom stereocenters. The minimum atomic E-state index is -0.321. The number of aryl methyl sites for hydroxylation is 1. The minimum Gasteiger partial charge on any atom is -0.507 e. The molecule has 4 nitrogen and oxygen atoms in total. The first kappa shape index (κ1) is 17.0. The van der Waals surface area contributed by atoms with Crippen molar-refractivity contribution in [2.45, 2.75) is 65.0 Å². The highest BCUT2D eigenvalue weighted by Gasteiger charge is 2.27. The quantitative estimate of drug-likeness (QED) is 0.829. The molecule has 0 spiro atoms. The maximum atomic E-state index is 12.0. The monoisotopic (exact) mass is 330 g/mol. The van der Waals surface area contributed by atoms with Gasteiger partial charge in [0.1, 0.15) is 12.3 Å². The molecule has 3 rings (SSSR count). The van der Waals surface area contributed by atoms with Crippen LogP contribution in [-0.2, 0) is 13.0 Å². The Hall–Kier alpha value is -1.81. The average Bonchev–Trinajstić information content (AvgIpc) is 2.58. The highest BCUT2D eigenvalue weighted by Crippen LogP contribution is 2.28. The van der Waals surface area contributed by atoms with Crippen molar-refractivity contribution in [3.8, 4) is 5.75 Å². The van der Waals surface area contributed by atoms with Crippen LogP contribution in [0.15, 0.2) is 27.4 Å². The van der Waals surface area contributed by atoms with Crippen molar-refractivity contribution in [3.05, 3.63) is 39.7 Å². The van der Waals surface area contributed by atoms with Crippen LogP contribution >= 0.6 is 0 Å². The molecular formula is C20H28NO3+. The van der Waals surface area contributed by atoms with Gasteiger partial charge < -0.3 is 14.4 Å². The van der Waals surface area contributed by atoms with Crippen LogP contribution in [0.2, 0.25) is 0 Å². The van der Waals surface area contributed by atoms with Gasteiger partial charge in [0.15, 0.2) is 5.58 Å². The molecule has 0 amide bonds. The third kappa shape index (κ3) is 3.34. The molecule has 24 heavy (non-hydrogen) atoms. The van der Waals surface area contributed by atoms with Gasteiger partial charge in [-0.05, 0) is 49.8 Å². The van der Waals surface area contributed by atoms with Crippen LogP contribution < -0.4 is 10.5 Å². The molecule has 2 aromatic rings. The Morgan fingerprint density at radius 3 is 2.88 bits per heavy atom. The fourth-order valence-corrected chi connectivity index (χ4v) is 4.09. The van der Waals surface area contributed by atoms with E-state index in [-0.39, 0.29) is 11.4 Å². The Labute approximate surface area is 143 Å². The second-order valence-electron chi connectivity index (χ2n) is 6.97. The first-order chi connectivity index (χ1) is 11.6. The van der Waals surface area contributed by atoms with Crippen molar-refractivity contribution in [2.24, 2.45) is 0 Å². The smallest absolute Gasteiger partial charge is 0.336 e. The number of nitrogens with one attached hydrogen (secondary N) is 1. The van der Waals surface area contributed by atoms with Crippen molar-refractivity contribution in [3.63, 3.8) is 0 Å². The van der Waals surface area contributed by atoms with E-state index in [2.05, 4.69) is 13.8 Å². The number of rotatable bonds is 5. The van der Waals surface area contributed by atoms with E-state index in [4.69, 9.17) is 4.42 Å². The van der Waals surface area contributed by atoms with Crippen molar-refractivity contribution in [2.75, 3.05) is 6.54 Å². The molecule has 1 aromatic carbocycles. The molecule has 0 saturated carbocycles. The van der Waals surface area contributed by atoms with Crippen LogP contribution in [0, 0.1) is 0 Å². The normalized spacial score (nSPS) is 21.2. The number of aromatic hydroxyl groups is 1. The van der Waals surface area contributed by atoms with E-state index in [1.165, 1.54) is 24.2 Å². The summed E-state index contributed by atoms with van der Waals surface area (Å²) < 4.78 is 5.54. The number of likely N-dealkylation sites (tertiary alicyclic amines) is 1. The molecule has 4 heteroatoms. The van der Waals surface area contributed by atoms with Crippen molar-refractivity contribution < 1.29 is 14.4 Å². The van der Waals surface area contributed by atoms with Crippen molar-refractivity contribution in [1.29, 1.82) is 0 Å². The lowest BCUT2D eigenvalue weighted by atomic mass is 9.97. The molecule has 130 valence electrons. The maximum Gasteiger partial charge on any atom is 0.336 e. The summed E-state index contributed by atoms with van der Waals surface area (Å²) >= 11 is 0. The van der Waals surface area contributed by atoms with E-state index in [1.807, 2.05) is 6.07 Å². The fraction of sp³-hybridized carbons (Fsp3) is 0.550. The molecule has 1 aromatic heterocycles. The summed E-state index contributed by atoms with van der Waals surface area (Å²) in [5, 5.41) is 11.4. The standard InChI is InChI=1S/C20H27NO3/c1-3-7-14-12-19(23)24-20-16(14)9-10-18(22)17(20)13-21-11-6-5-8-15(21)4-2/h9-10,12,15,22H,3-8,11,13H2,1-2H3/p+1/t15-/m1/s1. The summed E-state index contributed by atoms with van der Waals surface area (Å²) in [7, 11) is 0. The number of hydrogen-bond donors (Lipinski definition) is 2. The van der Waals surface area contributed by atoms with Gasteiger partial charge in [-0.15, -0.1) is 0 Å². The van der Waals surface area contributed by atoms with E-state index in [0.29, 0.717) is 11.6 Å². The van der Waals surface area contributed by atoms with Gasteiger partial charge in [0.2, 0.25) is 0 Å². The summed E-state index contributed by atoms with van der Waals surface area (Å²) in [6, 6.07) is 5.85. The maximum absolute atomic E-state index is 12.0.